The first-order valence-corrected chi connectivity index (χ1v) is 8.15. The maximum absolute atomic E-state index is 3.45. The zero-order valence-corrected chi connectivity index (χ0v) is 12.6. The molecule has 1 N–H and O–H groups in total. The van der Waals surface area contributed by atoms with Gasteiger partial charge in [-0.2, -0.15) is 0 Å². The average Bonchev–Trinajstić information content (AvgIpc) is 2.56. The van der Waals surface area contributed by atoms with Crippen LogP contribution in [0, 0.1) is 0 Å². The van der Waals surface area contributed by atoms with Gasteiger partial charge < -0.3 is 10.2 Å². The van der Waals surface area contributed by atoms with Gasteiger partial charge in [0, 0.05) is 51.0 Å². The molecule has 0 amide bonds. The van der Waals surface area contributed by atoms with Crippen LogP contribution in [-0.4, -0.2) is 50.2 Å². The van der Waals surface area contributed by atoms with E-state index in [9.17, 15) is 0 Å². The summed E-state index contributed by atoms with van der Waals surface area (Å²) in [6.45, 7) is 9.43. The predicted octanol–water partition coefficient (Wildman–Crippen LogP) is 2.12. The Balaban J connectivity index is 1.54. The summed E-state index contributed by atoms with van der Waals surface area (Å²) in [4.78, 5) is 5.24. The summed E-state index contributed by atoms with van der Waals surface area (Å²) >= 11 is 0. The second kappa shape index (κ2) is 6.59. The van der Waals surface area contributed by atoms with E-state index in [0.717, 1.165) is 12.5 Å². The molecule has 0 radical (unpaired) electrons. The number of nitrogens with one attached hydrogen (secondary N) is 1. The van der Waals surface area contributed by atoms with Crippen LogP contribution in [0.2, 0.25) is 0 Å². The van der Waals surface area contributed by atoms with Crippen LogP contribution in [0.1, 0.15) is 25.3 Å². The van der Waals surface area contributed by atoms with Gasteiger partial charge in [0.2, 0.25) is 0 Å². The molecule has 3 rings (SSSR count). The number of anilines is 1. The predicted molar refractivity (Wildman–Crippen MR) is 85.5 cm³/mol. The van der Waals surface area contributed by atoms with Gasteiger partial charge in [0.15, 0.2) is 0 Å². The molecule has 0 aliphatic carbocycles. The quantitative estimate of drug-likeness (QED) is 0.910. The van der Waals surface area contributed by atoms with Gasteiger partial charge >= 0.3 is 0 Å². The fourth-order valence-corrected chi connectivity index (χ4v) is 3.48. The molecule has 2 aliphatic heterocycles. The highest BCUT2D eigenvalue weighted by atomic mass is 15.2. The molecule has 2 saturated heterocycles. The van der Waals surface area contributed by atoms with Crippen molar-refractivity contribution in [3.8, 4) is 0 Å². The van der Waals surface area contributed by atoms with Crippen molar-refractivity contribution in [1.82, 2.24) is 10.2 Å². The molecule has 0 bridgehead atoms. The smallest absolute Gasteiger partial charge is 0.0366 e. The van der Waals surface area contributed by atoms with E-state index in [0.29, 0.717) is 0 Å². The fourth-order valence-electron chi connectivity index (χ4n) is 3.48. The van der Waals surface area contributed by atoms with Crippen LogP contribution in [0.4, 0.5) is 5.69 Å². The van der Waals surface area contributed by atoms with Gasteiger partial charge in [0.1, 0.15) is 0 Å². The Labute approximate surface area is 123 Å². The lowest BCUT2D eigenvalue weighted by Gasteiger charge is -2.41. The molecule has 0 unspecified atom stereocenters. The molecule has 1 aromatic rings. The molecule has 3 nitrogen and oxygen atoms in total. The topological polar surface area (TPSA) is 18.5 Å². The monoisotopic (exact) mass is 273 g/mol. The number of aryl methyl sites for hydroxylation is 1. The number of benzene rings is 1. The highest BCUT2D eigenvalue weighted by Gasteiger charge is 2.25. The summed E-state index contributed by atoms with van der Waals surface area (Å²) in [5.74, 6) is 0. The maximum Gasteiger partial charge on any atom is 0.0366 e. The summed E-state index contributed by atoms with van der Waals surface area (Å²) < 4.78 is 0. The fraction of sp³-hybridized carbons (Fsp3) is 0.647. The van der Waals surface area contributed by atoms with Crippen LogP contribution in [0.15, 0.2) is 24.3 Å². The number of hydrogen-bond donors (Lipinski definition) is 1. The van der Waals surface area contributed by atoms with E-state index in [1.807, 2.05) is 0 Å². The second-order valence-electron chi connectivity index (χ2n) is 6.02. The minimum Gasteiger partial charge on any atom is -0.371 e. The lowest BCUT2D eigenvalue weighted by Crippen LogP contribution is -2.52. The second-order valence-corrected chi connectivity index (χ2v) is 6.02. The van der Waals surface area contributed by atoms with Crippen molar-refractivity contribution in [2.24, 2.45) is 0 Å². The molecule has 0 saturated carbocycles. The van der Waals surface area contributed by atoms with Gasteiger partial charge in [-0.25, -0.2) is 0 Å². The molecular formula is C17H27N3. The third kappa shape index (κ3) is 3.15. The Bertz CT molecular complexity index is 401. The highest BCUT2D eigenvalue weighted by molar-refractivity contribution is 5.48. The van der Waals surface area contributed by atoms with Crippen molar-refractivity contribution >= 4 is 5.69 Å². The number of piperidine rings is 1. The summed E-state index contributed by atoms with van der Waals surface area (Å²) in [5.41, 5.74) is 2.84. The van der Waals surface area contributed by atoms with E-state index in [1.54, 1.807) is 0 Å². The summed E-state index contributed by atoms with van der Waals surface area (Å²) in [7, 11) is 0. The minimum absolute atomic E-state index is 0.809. The van der Waals surface area contributed by atoms with Crippen LogP contribution in [-0.2, 0) is 6.42 Å². The van der Waals surface area contributed by atoms with Crippen molar-refractivity contribution in [2.45, 2.75) is 32.2 Å². The first-order chi connectivity index (χ1) is 9.86. The third-order valence-electron chi connectivity index (χ3n) is 4.84. The van der Waals surface area contributed by atoms with Gasteiger partial charge in [-0.3, -0.25) is 4.90 Å². The molecule has 110 valence electrons. The molecular weight excluding hydrogens is 246 g/mol. The Morgan fingerprint density at radius 2 is 1.65 bits per heavy atom. The molecule has 20 heavy (non-hydrogen) atoms. The van der Waals surface area contributed by atoms with E-state index < -0.39 is 0 Å². The van der Waals surface area contributed by atoms with Crippen LogP contribution in [0.5, 0.6) is 0 Å². The first-order valence-electron chi connectivity index (χ1n) is 8.15. The zero-order valence-electron chi connectivity index (χ0n) is 12.6. The molecule has 2 heterocycles. The molecule has 0 atom stereocenters. The van der Waals surface area contributed by atoms with E-state index >= 15 is 0 Å². The molecule has 2 aliphatic rings. The van der Waals surface area contributed by atoms with Crippen LogP contribution in [0.25, 0.3) is 0 Å². The van der Waals surface area contributed by atoms with Crippen molar-refractivity contribution in [2.75, 3.05) is 44.2 Å². The highest BCUT2D eigenvalue weighted by Crippen LogP contribution is 2.23. The number of piperazine rings is 1. The average molecular weight is 273 g/mol. The number of nitrogens with zero attached hydrogens (tertiary/aromatic N) is 2. The van der Waals surface area contributed by atoms with Crippen molar-refractivity contribution in [1.29, 1.82) is 0 Å². The lowest BCUT2D eigenvalue weighted by atomic mass is 10.0. The standard InChI is InChI=1S/C17H27N3/c1-2-15-3-5-16(6-4-15)19-11-7-17(8-12-19)20-13-9-18-10-14-20/h3-6,17-18H,2,7-14H2,1H3. The van der Waals surface area contributed by atoms with Gasteiger partial charge in [-0.15, -0.1) is 0 Å². The summed E-state index contributed by atoms with van der Waals surface area (Å²) in [5, 5.41) is 3.45. The molecule has 0 aromatic heterocycles. The first kappa shape index (κ1) is 13.9. The van der Waals surface area contributed by atoms with Crippen molar-refractivity contribution in [3.05, 3.63) is 29.8 Å². The normalized spacial score (nSPS) is 22.1. The Kier molecular flexibility index (Phi) is 4.58. The Hall–Kier alpha value is -1.06. The van der Waals surface area contributed by atoms with Gasteiger partial charge in [0.25, 0.3) is 0 Å². The van der Waals surface area contributed by atoms with Crippen molar-refractivity contribution < 1.29 is 0 Å². The molecule has 1 aromatic carbocycles. The Morgan fingerprint density at radius 1 is 1.00 bits per heavy atom. The largest absolute Gasteiger partial charge is 0.371 e. The van der Waals surface area contributed by atoms with Gasteiger partial charge in [-0.05, 0) is 37.0 Å². The van der Waals surface area contributed by atoms with E-state index in [-0.39, 0.29) is 0 Å². The van der Waals surface area contributed by atoms with Gasteiger partial charge in [0.05, 0.1) is 0 Å². The van der Waals surface area contributed by atoms with Crippen LogP contribution < -0.4 is 10.2 Å². The van der Waals surface area contributed by atoms with Crippen LogP contribution in [0.3, 0.4) is 0 Å². The van der Waals surface area contributed by atoms with Crippen LogP contribution >= 0.6 is 0 Å². The van der Waals surface area contributed by atoms with E-state index in [4.69, 9.17) is 0 Å². The molecule has 3 heteroatoms. The third-order valence-corrected chi connectivity index (χ3v) is 4.84. The zero-order chi connectivity index (χ0) is 13.8. The summed E-state index contributed by atoms with van der Waals surface area (Å²) in [6, 6.07) is 9.95. The van der Waals surface area contributed by atoms with Gasteiger partial charge in [-0.1, -0.05) is 19.1 Å². The Morgan fingerprint density at radius 3 is 2.25 bits per heavy atom. The molecule has 2 fully saturated rings. The minimum atomic E-state index is 0.809. The molecule has 0 spiro atoms. The van der Waals surface area contributed by atoms with E-state index in [1.165, 1.54) is 63.4 Å². The van der Waals surface area contributed by atoms with Crippen molar-refractivity contribution in [3.63, 3.8) is 0 Å². The summed E-state index contributed by atoms with van der Waals surface area (Å²) in [6.07, 6.45) is 3.76. The maximum atomic E-state index is 3.45. The number of rotatable bonds is 3. The number of hydrogen-bond acceptors (Lipinski definition) is 3. The van der Waals surface area contributed by atoms with E-state index in [2.05, 4.69) is 46.3 Å². The SMILES string of the molecule is CCc1ccc(N2CCC(N3CCNCC3)CC2)cc1. The lowest BCUT2D eigenvalue weighted by molar-refractivity contribution is 0.150.